The van der Waals surface area contributed by atoms with Crippen LogP contribution in [0.1, 0.15) is 36.8 Å². The van der Waals surface area contributed by atoms with E-state index in [1.54, 1.807) is 0 Å². The summed E-state index contributed by atoms with van der Waals surface area (Å²) >= 11 is 0. The van der Waals surface area contributed by atoms with Crippen molar-refractivity contribution in [1.82, 2.24) is 14.5 Å². The van der Waals surface area contributed by atoms with Gasteiger partial charge < -0.3 is 4.57 Å². The Morgan fingerprint density at radius 1 is 1.24 bits per heavy atom. The number of fused-ring (bicyclic) bond motifs is 1. The van der Waals surface area contributed by atoms with Gasteiger partial charge in [-0.1, -0.05) is 12.1 Å². The van der Waals surface area contributed by atoms with Crippen molar-refractivity contribution in [3.8, 4) is 11.5 Å². The predicted molar refractivity (Wildman–Crippen MR) is 85.4 cm³/mol. The summed E-state index contributed by atoms with van der Waals surface area (Å²) in [6, 6.07) is 8.84. The fourth-order valence-corrected chi connectivity index (χ4v) is 3.01. The van der Waals surface area contributed by atoms with Crippen LogP contribution in [0.2, 0.25) is 0 Å². The van der Waals surface area contributed by atoms with Crippen molar-refractivity contribution in [3.63, 3.8) is 0 Å². The molecular weight excluding hydrogens is 258 g/mol. The van der Waals surface area contributed by atoms with Crippen molar-refractivity contribution >= 4 is 10.9 Å². The second-order valence-corrected chi connectivity index (χ2v) is 5.93. The van der Waals surface area contributed by atoms with Gasteiger partial charge in [0.2, 0.25) is 0 Å². The van der Waals surface area contributed by atoms with Gasteiger partial charge in [0.1, 0.15) is 5.69 Å². The highest BCUT2D eigenvalue weighted by Crippen LogP contribution is 2.44. The van der Waals surface area contributed by atoms with E-state index in [-0.39, 0.29) is 0 Å². The maximum absolute atomic E-state index is 4.87. The average Bonchev–Trinajstić information content (AvgIpc) is 3.22. The molecule has 2 heterocycles. The molecule has 1 aliphatic rings. The van der Waals surface area contributed by atoms with Crippen LogP contribution in [0.25, 0.3) is 22.4 Å². The van der Waals surface area contributed by atoms with E-state index in [1.807, 2.05) is 12.4 Å². The van der Waals surface area contributed by atoms with Crippen molar-refractivity contribution in [3.05, 3.63) is 47.8 Å². The average molecular weight is 277 g/mol. The maximum atomic E-state index is 4.87. The summed E-state index contributed by atoms with van der Waals surface area (Å²) in [5.74, 6) is 1.69. The molecule has 1 aromatic carbocycles. The molecule has 1 fully saturated rings. The number of nitrogens with zero attached hydrogens (tertiary/aromatic N) is 3. The molecule has 3 heteroatoms. The molecule has 4 rings (SSSR count). The fraction of sp³-hybridized carbons (Fsp3) is 0.333. The fourth-order valence-electron chi connectivity index (χ4n) is 3.01. The number of rotatable bonds is 3. The smallest absolute Gasteiger partial charge is 0.158 e. The minimum atomic E-state index is 0.710. The molecule has 21 heavy (non-hydrogen) atoms. The van der Waals surface area contributed by atoms with Crippen LogP contribution in [0, 0.1) is 6.92 Å². The molecule has 2 aromatic heterocycles. The Kier molecular flexibility index (Phi) is 2.81. The molecule has 0 bridgehead atoms. The third kappa shape index (κ3) is 2.13. The van der Waals surface area contributed by atoms with Gasteiger partial charge >= 0.3 is 0 Å². The number of hydrogen-bond donors (Lipinski definition) is 0. The van der Waals surface area contributed by atoms with E-state index in [4.69, 9.17) is 4.98 Å². The number of benzene rings is 1. The molecular formula is C18H19N3. The van der Waals surface area contributed by atoms with Gasteiger partial charge in [0.15, 0.2) is 5.82 Å². The van der Waals surface area contributed by atoms with Crippen LogP contribution in [-0.2, 0) is 6.54 Å². The van der Waals surface area contributed by atoms with Crippen LogP contribution >= 0.6 is 0 Å². The minimum Gasteiger partial charge on any atom is -0.330 e. The number of pyridine rings is 1. The summed E-state index contributed by atoms with van der Waals surface area (Å²) in [5.41, 5.74) is 4.80. The van der Waals surface area contributed by atoms with E-state index in [2.05, 4.69) is 47.7 Å². The summed E-state index contributed by atoms with van der Waals surface area (Å²) in [4.78, 5) is 9.38. The second-order valence-electron chi connectivity index (χ2n) is 5.93. The SMILES string of the molecule is CCn1ccnc1-c1cc(C2CC2)c2ccc(C)cc2n1. The van der Waals surface area contributed by atoms with E-state index in [0.717, 1.165) is 23.6 Å². The molecule has 0 saturated heterocycles. The summed E-state index contributed by atoms with van der Waals surface area (Å²) < 4.78 is 2.15. The molecule has 1 aliphatic carbocycles. The third-order valence-electron chi connectivity index (χ3n) is 4.30. The molecule has 0 amide bonds. The van der Waals surface area contributed by atoms with Gasteiger partial charge in [0.25, 0.3) is 0 Å². The highest BCUT2D eigenvalue weighted by molar-refractivity contribution is 5.86. The van der Waals surface area contributed by atoms with Gasteiger partial charge in [-0.3, -0.25) is 0 Å². The highest BCUT2D eigenvalue weighted by atomic mass is 15.1. The van der Waals surface area contributed by atoms with Crippen LogP contribution in [0.4, 0.5) is 0 Å². The molecule has 0 spiro atoms. The largest absolute Gasteiger partial charge is 0.330 e. The van der Waals surface area contributed by atoms with Gasteiger partial charge in [-0.15, -0.1) is 0 Å². The molecule has 0 N–H and O–H groups in total. The van der Waals surface area contributed by atoms with Crippen LogP contribution in [-0.4, -0.2) is 14.5 Å². The zero-order valence-corrected chi connectivity index (χ0v) is 12.5. The predicted octanol–water partition coefficient (Wildman–Crippen LogP) is 4.30. The van der Waals surface area contributed by atoms with Crippen molar-refractivity contribution in [2.75, 3.05) is 0 Å². The van der Waals surface area contributed by atoms with Gasteiger partial charge in [-0.05, 0) is 55.9 Å². The maximum Gasteiger partial charge on any atom is 0.158 e. The first-order chi connectivity index (χ1) is 10.3. The van der Waals surface area contributed by atoms with Crippen molar-refractivity contribution in [1.29, 1.82) is 0 Å². The Balaban J connectivity index is 1.97. The van der Waals surface area contributed by atoms with E-state index in [9.17, 15) is 0 Å². The lowest BCUT2D eigenvalue weighted by Crippen LogP contribution is -1.99. The highest BCUT2D eigenvalue weighted by Gasteiger charge is 2.26. The van der Waals surface area contributed by atoms with Crippen LogP contribution in [0.15, 0.2) is 36.7 Å². The molecule has 106 valence electrons. The summed E-state index contributed by atoms with van der Waals surface area (Å²) in [6.07, 6.45) is 6.48. The molecule has 0 aliphatic heterocycles. The zero-order chi connectivity index (χ0) is 14.4. The first-order valence-electron chi connectivity index (χ1n) is 7.69. The standard InChI is InChI=1S/C18H19N3/c1-3-21-9-8-19-18(21)17-11-15(13-5-6-13)14-7-4-12(2)10-16(14)20-17/h4,7-11,13H,3,5-6H2,1-2H3. The van der Waals surface area contributed by atoms with Crippen molar-refractivity contribution < 1.29 is 0 Å². The van der Waals surface area contributed by atoms with E-state index in [0.29, 0.717) is 5.92 Å². The van der Waals surface area contributed by atoms with Gasteiger partial charge in [0.05, 0.1) is 5.52 Å². The lowest BCUT2D eigenvalue weighted by Gasteiger charge is -2.10. The first kappa shape index (κ1) is 12.6. The Morgan fingerprint density at radius 3 is 2.86 bits per heavy atom. The van der Waals surface area contributed by atoms with E-state index in [1.165, 1.54) is 29.4 Å². The lowest BCUT2D eigenvalue weighted by molar-refractivity contribution is 0.768. The quantitative estimate of drug-likeness (QED) is 0.714. The Labute approximate surface area is 124 Å². The monoisotopic (exact) mass is 277 g/mol. The Hall–Kier alpha value is -2.16. The van der Waals surface area contributed by atoms with Gasteiger partial charge in [-0.2, -0.15) is 0 Å². The summed E-state index contributed by atoms with van der Waals surface area (Å²) in [6.45, 7) is 5.18. The molecule has 3 nitrogen and oxygen atoms in total. The van der Waals surface area contributed by atoms with E-state index >= 15 is 0 Å². The third-order valence-corrected chi connectivity index (χ3v) is 4.30. The van der Waals surface area contributed by atoms with Crippen LogP contribution < -0.4 is 0 Å². The summed E-state index contributed by atoms with van der Waals surface area (Å²) in [5, 5.41) is 1.31. The molecule has 0 radical (unpaired) electrons. The lowest BCUT2D eigenvalue weighted by atomic mass is 10.0. The van der Waals surface area contributed by atoms with Gasteiger partial charge in [0, 0.05) is 24.3 Å². The molecule has 0 atom stereocenters. The molecule has 0 unspecified atom stereocenters. The van der Waals surface area contributed by atoms with Crippen molar-refractivity contribution in [2.24, 2.45) is 0 Å². The molecule has 3 aromatic rings. The number of hydrogen-bond acceptors (Lipinski definition) is 2. The summed E-state index contributed by atoms with van der Waals surface area (Å²) in [7, 11) is 0. The topological polar surface area (TPSA) is 30.7 Å². The number of imidazole rings is 1. The first-order valence-corrected chi connectivity index (χ1v) is 7.69. The molecule has 1 saturated carbocycles. The Morgan fingerprint density at radius 2 is 2.10 bits per heavy atom. The second kappa shape index (κ2) is 4.69. The zero-order valence-electron chi connectivity index (χ0n) is 12.5. The number of aromatic nitrogens is 3. The van der Waals surface area contributed by atoms with Gasteiger partial charge in [-0.25, -0.2) is 9.97 Å². The minimum absolute atomic E-state index is 0.710. The van der Waals surface area contributed by atoms with E-state index < -0.39 is 0 Å². The van der Waals surface area contributed by atoms with Crippen LogP contribution in [0.3, 0.4) is 0 Å². The normalized spacial score (nSPS) is 14.8. The van der Waals surface area contributed by atoms with Crippen molar-refractivity contribution in [2.45, 2.75) is 39.2 Å². The number of aryl methyl sites for hydroxylation is 2. The van der Waals surface area contributed by atoms with Crippen LogP contribution in [0.5, 0.6) is 0 Å². The Bertz CT molecular complexity index is 812.